The summed E-state index contributed by atoms with van der Waals surface area (Å²) in [5.74, 6) is -1.04. The summed E-state index contributed by atoms with van der Waals surface area (Å²) in [6, 6.07) is 3.63. The lowest BCUT2D eigenvalue weighted by Crippen LogP contribution is -2.33. The summed E-state index contributed by atoms with van der Waals surface area (Å²) in [5, 5.41) is 13.8. The van der Waals surface area contributed by atoms with E-state index in [0.29, 0.717) is 18.8 Å². The van der Waals surface area contributed by atoms with Crippen LogP contribution in [0.5, 0.6) is 5.75 Å². The maximum absolute atomic E-state index is 11.8. The first-order valence-corrected chi connectivity index (χ1v) is 8.33. The minimum atomic E-state index is -0.876. The maximum Gasteiger partial charge on any atom is 0.245 e. The Bertz CT molecular complexity index is 572. The molecule has 1 aliphatic heterocycles. The highest BCUT2D eigenvalue weighted by Crippen LogP contribution is 2.25. The number of amides is 1. The molecule has 0 radical (unpaired) electrons. The van der Waals surface area contributed by atoms with Gasteiger partial charge < -0.3 is 14.6 Å². The van der Waals surface area contributed by atoms with E-state index in [9.17, 15) is 9.90 Å². The number of benzene rings is 1. The van der Waals surface area contributed by atoms with Gasteiger partial charge in [0.15, 0.2) is 5.79 Å². The summed E-state index contributed by atoms with van der Waals surface area (Å²) in [6.45, 7) is 2.70. The topological polar surface area (TPSA) is 80.2 Å². The van der Waals surface area contributed by atoms with E-state index < -0.39 is 5.79 Å². The van der Waals surface area contributed by atoms with Crippen LogP contribution in [-0.2, 0) is 14.3 Å². The van der Waals surface area contributed by atoms with Crippen molar-refractivity contribution in [1.82, 2.24) is 5.43 Å². The molecular formula is C13H14I2N2O4. The van der Waals surface area contributed by atoms with Gasteiger partial charge in [0, 0.05) is 9.13 Å². The Morgan fingerprint density at radius 3 is 2.81 bits per heavy atom. The molecule has 2 rings (SSSR count). The number of carbonyl (C=O) groups excluding carboxylic acids is 1. The van der Waals surface area contributed by atoms with Crippen LogP contribution in [0.1, 0.15) is 18.9 Å². The van der Waals surface area contributed by atoms with Gasteiger partial charge in [-0.05, 0) is 64.2 Å². The number of phenols is 1. The third kappa shape index (κ3) is 4.76. The molecule has 0 aliphatic carbocycles. The number of nitrogens with zero attached hydrogens (tertiary/aromatic N) is 1. The molecule has 0 spiro atoms. The monoisotopic (exact) mass is 516 g/mol. The van der Waals surface area contributed by atoms with Gasteiger partial charge in [-0.2, -0.15) is 5.10 Å². The second-order valence-electron chi connectivity index (χ2n) is 4.63. The quantitative estimate of drug-likeness (QED) is 0.366. The zero-order valence-electron chi connectivity index (χ0n) is 11.2. The van der Waals surface area contributed by atoms with E-state index in [1.165, 1.54) is 6.21 Å². The van der Waals surface area contributed by atoms with Crippen LogP contribution < -0.4 is 5.43 Å². The van der Waals surface area contributed by atoms with Crippen LogP contribution in [-0.4, -0.2) is 36.2 Å². The van der Waals surface area contributed by atoms with Crippen molar-refractivity contribution in [2.75, 3.05) is 13.2 Å². The summed E-state index contributed by atoms with van der Waals surface area (Å²) >= 11 is 4.19. The fourth-order valence-electron chi connectivity index (χ4n) is 1.85. The molecule has 1 saturated heterocycles. The van der Waals surface area contributed by atoms with Crippen LogP contribution in [0.15, 0.2) is 17.2 Å². The van der Waals surface area contributed by atoms with Gasteiger partial charge in [-0.1, -0.05) is 0 Å². The number of hydrazone groups is 1. The molecule has 2 N–H and O–H groups in total. The standard InChI is InChI=1S/C13H14I2N2O4/c1-13(20-2-3-21-13)6-11(18)17-16-7-8-4-9(14)5-10(15)12(8)19/h4-5,7,19H,2-3,6H2,1H3,(H,17,18)/b16-7-. The Morgan fingerprint density at radius 1 is 1.48 bits per heavy atom. The van der Waals surface area contributed by atoms with Gasteiger partial charge in [0.05, 0.1) is 29.4 Å². The van der Waals surface area contributed by atoms with Gasteiger partial charge in [0.1, 0.15) is 5.75 Å². The van der Waals surface area contributed by atoms with Gasteiger partial charge in [-0.25, -0.2) is 5.43 Å². The Morgan fingerprint density at radius 2 is 2.14 bits per heavy atom. The van der Waals surface area contributed by atoms with Gasteiger partial charge in [-0.15, -0.1) is 0 Å². The number of nitrogens with one attached hydrogen (secondary N) is 1. The number of hydrogen-bond acceptors (Lipinski definition) is 5. The van der Waals surface area contributed by atoms with Crippen LogP contribution in [0.2, 0.25) is 0 Å². The highest BCUT2D eigenvalue weighted by molar-refractivity contribution is 14.1. The van der Waals surface area contributed by atoms with Gasteiger partial charge in [-0.3, -0.25) is 4.79 Å². The van der Waals surface area contributed by atoms with E-state index in [4.69, 9.17) is 9.47 Å². The predicted molar refractivity (Wildman–Crippen MR) is 94.2 cm³/mol. The molecule has 1 fully saturated rings. The third-order valence-electron chi connectivity index (χ3n) is 2.83. The first-order valence-electron chi connectivity index (χ1n) is 6.17. The summed E-state index contributed by atoms with van der Waals surface area (Å²) < 4.78 is 12.4. The average Bonchev–Trinajstić information content (AvgIpc) is 2.81. The maximum atomic E-state index is 11.8. The van der Waals surface area contributed by atoms with E-state index in [1.54, 1.807) is 13.0 Å². The van der Waals surface area contributed by atoms with E-state index in [2.05, 4.69) is 33.1 Å². The third-order valence-corrected chi connectivity index (χ3v) is 4.28. The molecule has 0 unspecified atom stereocenters. The fraction of sp³-hybridized carbons (Fsp3) is 0.385. The normalized spacial score (nSPS) is 17.3. The summed E-state index contributed by atoms with van der Waals surface area (Å²) in [5.41, 5.74) is 2.95. The van der Waals surface area contributed by atoms with E-state index in [-0.39, 0.29) is 18.1 Å². The van der Waals surface area contributed by atoms with Crippen LogP contribution in [0.25, 0.3) is 0 Å². The molecule has 21 heavy (non-hydrogen) atoms. The van der Waals surface area contributed by atoms with Crippen molar-refractivity contribution in [2.24, 2.45) is 5.10 Å². The van der Waals surface area contributed by atoms with Crippen LogP contribution in [0, 0.1) is 7.14 Å². The van der Waals surface area contributed by atoms with Crippen LogP contribution in [0.3, 0.4) is 0 Å². The molecule has 1 aliphatic rings. The highest BCUT2D eigenvalue weighted by atomic mass is 127. The van der Waals surface area contributed by atoms with E-state index >= 15 is 0 Å². The number of carbonyl (C=O) groups is 1. The Balaban J connectivity index is 1.95. The summed E-state index contributed by atoms with van der Waals surface area (Å²) in [6.07, 6.45) is 1.48. The number of hydrogen-bond donors (Lipinski definition) is 2. The van der Waals surface area contributed by atoms with Crippen molar-refractivity contribution in [2.45, 2.75) is 19.1 Å². The molecule has 0 atom stereocenters. The number of aromatic hydroxyl groups is 1. The van der Waals surface area contributed by atoms with E-state index in [1.807, 2.05) is 28.7 Å². The molecule has 0 aromatic heterocycles. The van der Waals surface area contributed by atoms with Crippen molar-refractivity contribution in [3.63, 3.8) is 0 Å². The lowest BCUT2D eigenvalue weighted by atomic mass is 10.2. The SMILES string of the molecule is CC1(CC(=O)N/N=C\c2cc(I)cc(I)c2O)OCCO1. The molecule has 6 nitrogen and oxygen atoms in total. The zero-order valence-corrected chi connectivity index (χ0v) is 15.5. The highest BCUT2D eigenvalue weighted by Gasteiger charge is 2.33. The van der Waals surface area contributed by atoms with Crippen molar-refractivity contribution in [1.29, 1.82) is 0 Å². The molecule has 1 aromatic rings. The second-order valence-corrected chi connectivity index (χ2v) is 7.03. The lowest BCUT2D eigenvalue weighted by molar-refractivity contribution is -0.159. The number of rotatable bonds is 4. The number of ether oxygens (including phenoxy) is 2. The molecule has 114 valence electrons. The Kier molecular flexibility index (Phi) is 5.80. The summed E-state index contributed by atoms with van der Waals surface area (Å²) in [4.78, 5) is 11.8. The van der Waals surface area contributed by atoms with Gasteiger partial charge >= 0.3 is 0 Å². The fourth-order valence-corrected chi connectivity index (χ4v) is 3.74. The first-order chi connectivity index (χ1) is 9.89. The first kappa shape index (κ1) is 16.9. The minimum Gasteiger partial charge on any atom is -0.506 e. The average molecular weight is 516 g/mol. The number of halogens is 2. The molecule has 8 heteroatoms. The van der Waals surface area contributed by atoms with Crippen LogP contribution in [0.4, 0.5) is 0 Å². The van der Waals surface area contributed by atoms with Gasteiger partial charge in [0.25, 0.3) is 0 Å². The smallest absolute Gasteiger partial charge is 0.245 e. The largest absolute Gasteiger partial charge is 0.506 e. The lowest BCUT2D eigenvalue weighted by Gasteiger charge is -2.20. The molecule has 0 saturated carbocycles. The van der Waals surface area contributed by atoms with Gasteiger partial charge in [0.2, 0.25) is 5.91 Å². The second kappa shape index (κ2) is 7.20. The van der Waals surface area contributed by atoms with E-state index in [0.717, 1.165) is 7.14 Å². The molecular weight excluding hydrogens is 502 g/mol. The van der Waals surface area contributed by atoms with Crippen molar-refractivity contribution in [3.05, 3.63) is 24.8 Å². The molecule has 1 heterocycles. The predicted octanol–water partition coefficient (Wildman–Crippen LogP) is 2.20. The Labute approximate surface area is 149 Å². The molecule has 1 amide bonds. The Hall–Kier alpha value is -0.460. The zero-order chi connectivity index (χ0) is 15.5. The molecule has 1 aromatic carbocycles. The molecule has 0 bridgehead atoms. The number of phenolic OH excluding ortho intramolecular Hbond substituents is 1. The summed E-state index contributed by atoms with van der Waals surface area (Å²) in [7, 11) is 0. The van der Waals surface area contributed by atoms with Crippen molar-refractivity contribution < 1.29 is 19.4 Å². The minimum absolute atomic E-state index is 0.0696. The van der Waals surface area contributed by atoms with Crippen molar-refractivity contribution in [3.8, 4) is 5.75 Å². The van der Waals surface area contributed by atoms with Crippen molar-refractivity contribution >= 4 is 57.3 Å². The van der Waals surface area contributed by atoms with Crippen LogP contribution >= 0.6 is 45.2 Å².